The molecule has 3 aromatic rings. The van der Waals surface area contributed by atoms with Crippen LogP contribution in [0.25, 0.3) is 0 Å². The fourth-order valence-corrected chi connectivity index (χ4v) is 5.19. The van der Waals surface area contributed by atoms with Crippen LogP contribution in [0.4, 0.5) is 17.1 Å². The number of halogens is 2. The Morgan fingerprint density at radius 2 is 1.53 bits per heavy atom. The number of hydrogen-bond donors (Lipinski definition) is 2. The van der Waals surface area contributed by atoms with E-state index in [1.165, 1.54) is 67.7 Å². The van der Waals surface area contributed by atoms with Crippen LogP contribution in [0.3, 0.4) is 0 Å². The quantitative estimate of drug-likeness (QED) is 0.423. The molecule has 0 saturated carbocycles. The van der Waals surface area contributed by atoms with Crippen molar-refractivity contribution >= 4 is 66.2 Å². The van der Waals surface area contributed by atoms with Crippen molar-refractivity contribution in [3.05, 3.63) is 82.3 Å². The molecule has 8 nitrogen and oxygen atoms in total. The topological polar surface area (TPSA) is 113 Å². The van der Waals surface area contributed by atoms with Gasteiger partial charge in [0.2, 0.25) is 10.0 Å². The van der Waals surface area contributed by atoms with E-state index >= 15 is 0 Å². The lowest BCUT2D eigenvalue weighted by Gasteiger charge is -2.18. The van der Waals surface area contributed by atoms with Gasteiger partial charge in [-0.1, -0.05) is 29.3 Å². The lowest BCUT2D eigenvalue weighted by molar-refractivity contribution is 0.102. The Morgan fingerprint density at radius 1 is 0.912 bits per heavy atom. The summed E-state index contributed by atoms with van der Waals surface area (Å²) in [6.45, 7) is 1.55. The average molecular weight is 542 g/mol. The van der Waals surface area contributed by atoms with Crippen LogP contribution in [0.5, 0.6) is 0 Å². The van der Waals surface area contributed by atoms with E-state index in [1.807, 2.05) is 0 Å². The van der Waals surface area contributed by atoms with Crippen LogP contribution >= 0.6 is 23.2 Å². The second-order valence-electron chi connectivity index (χ2n) is 7.10. The molecule has 3 aromatic carbocycles. The van der Waals surface area contributed by atoms with Gasteiger partial charge in [-0.15, -0.1) is 0 Å². The number of carbonyl (C=O) groups is 1. The minimum atomic E-state index is -3.94. The third-order valence-electron chi connectivity index (χ3n) is 4.89. The molecule has 3 rings (SSSR count). The zero-order valence-electron chi connectivity index (χ0n) is 18.1. The van der Waals surface area contributed by atoms with E-state index in [1.54, 1.807) is 13.0 Å². The van der Waals surface area contributed by atoms with E-state index in [-0.39, 0.29) is 26.4 Å². The van der Waals surface area contributed by atoms with Gasteiger partial charge in [0.1, 0.15) is 0 Å². The van der Waals surface area contributed by atoms with E-state index in [0.717, 1.165) is 4.31 Å². The number of rotatable bonds is 8. The third kappa shape index (κ3) is 5.82. The smallest absolute Gasteiger partial charge is 0.261 e. The number of nitrogens with zero attached hydrogens (tertiary/aromatic N) is 1. The molecule has 0 atom stereocenters. The normalized spacial score (nSPS) is 11.6. The number of hydrogen-bond acceptors (Lipinski definition) is 5. The molecule has 0 saturated heterocycles. The van der Waals surface area contributed by atoms with Gasteiger partial charge in [-0.05, 0) is 67.6 Å². The van der Waals surface area contributed by atoms with Gasteiger partial charge in [0.05, 0.1) is 32.1 Å². The van der Waals surface area contributed by atoms with E-state index in [9.17, 15) is 21.6 Å². The van der Waals surface area contributed by atoms with Gasteiger partial charge in [-0.2, -0.15) is 0 Å². The number of carbonyl (C=O) groups excluding carboxylic acids is 1. The van der Waals surface area contributed by atoms with Crippen molar-refractivity contribution in [2.75, 3.05) is 27.1 Å². The Hall–Kier alpha value is -2.79. The minimum Gasteiger partial charge on any atom is -0.322 e. The number of benzene rings is 3. The second kappa shape index (κ2) is 10.2. The van der Waals surface area contributed by atoms with Crippen LogP contribution in [-0.4, -0.2) is 35.5 Å². The molecule has 0 spiro atoms. The first kappa shape index (κ1) is 25.8. The number of anilines is 3. The summed E-state index contributed by atoms with van der Waals surface area (Å²) < 4.78 is 52.8. The maximum absolute atomic E-state index is 12.7. The van der Waals surface area contributed by atoms with Gasteiger partial charge in [0.15, 0.2) is 0 Å². The monoisotopic (exact) mass is 541 g/mol. The molecule has 12 heteroatoms. The van der Waals surface area contributed by atoms with Gasteiger partial charge < -0.3 is 5.32 Å². The summed E-state index contributed by atoms with van der Waals surface area (Å²) in [4.78, 5) is 12.5. The van der Waals surface area contributed by atoms with Gasteiger partial charge >= 0.3 is 0 Å². The van der Waals surface area contributed by atoms with E-state index in [0.29, 0.717) is 16.9 Å². The van der Waals surface area contributed by atoms with Crippen molar-refractivity contribution in [3.8, 4) is 0 Å². The highest BCUT2D eigenvalue weighted by atomic mass is 35.5. The van der Waals surface area contributed by atoms with Crippen LogP contribution in [-0.2, 0) is 20.0 Å². The second-order valence-corrected chi connectivity index (χ2v) is 11.9. The highest BCUT2D eigenvalue weighted by Crippen LogP contribution is 2.31. The molecular formula is C22H21Cl2N3O5S2. The summed E-state index contributed by atoms with van der Waals surface area (Å²) in [7, 11) is -5.90. The van der Waals surface area contributed by atoms with Crippen LogP contribution in [0.2, 0.25) is 10.0 Å². The standard InChI is InChI=1S/C22H21Cl2N3O5S2/c1-3-33(29,30)27(2)17-11-7-15(8-12-17)22(28)25-16-9-13-18(14-10-16)34(31,32)26-20-6-4-5-19(23)21(20)24/h4-14,26H,3H2,1-2H3,(H,25,28). The highest BCUT2D eigenvalue weighted by Gasteiger charge is 2.18. The zero-order valence-corrected chi connectivity index (χ0v) is 21.3. The van der Waals surface area contributed by atoms with Crippen molar-refractivity contribution < 1.29 is 21.6 Å². The summed E-state index contributed by atoms with van der Waals surface area (Å²) >= 11 is 12.0. The highest BCUT2D eigenvalue weighted by molar-refractivity contribution is 7.93. The first-order chi connectivity index (χ1) is 15.9. The molecule has 180 valence electrons. The zero-order chi connectivity index (χ0) is 25.1. The van der Waals surface area contributed by atoms with E-state index < -0.39 is 26.0 Å². The number of nitrogens with one attached hydrogen (secondary N) is 2. The lowest BCUT2D eigenvalue weighted by atomic mass is 10.2. The molecule has 1 amide bonds. The Bertz CT molecular complexity index is 1410. The Morgan fingerprint density at radius 3 is 2.12 bits per heavy atom. The molecule has 0 aliphatic rings. The predicted molar refractivity (Wildman–Crippen MR) is 136 cm³/mol. The molecular weight excluding hydrogens is 521 g/mol. The molecule has 0 aromatic heterocycles. The van der Waals surface area contributed by atoms with E-state index in [2.05, 4.69) is 10.0 Å². The SMILES string of the molecule is CCS(=O)(=O)N(C)c1ccc(C(=O)Nc2ccc(S(=O)(=O)Nc3cccc(Cl)c3Cl)cc2)cc1. The Balaban J connectivity index is 1.70. The molecule has 0 bridgehead atoms. The van der Waals surface area contributed by atoms with Crippen molar-refractivity contribution in [1.82, 2.24) is 0 Å². The van der Waals surface area contributed by atoms with Gasteiger partial charge in [-0.3, -0.25) is 13.8 Å². The molecule has 0 aliphatic heterocycles. The van der Waals surface area contributed by atoms with Crippen LogP contribution in [0.15, 0.2) is 71.6 Å². The van der Waals surface area contributed by atoms with Crippen molar-refractivity contribution in [3.63, 3.8) is 0 Å². The van der Waals surface area contributed by atoms with Gasteiger partial charge in [-0.25, -0.2) is 16.8 Å². The molecule has 0 fully saturated rings. The molecule has 0 aliphatic carbocycles. The van der Waals surface area contributed by atoms with Crippen LogP contribution in [0.1, 0.15) is 17.3 Å². The van der Waals surface area contributed by atoms with Gasteiger partial charge in [0.25, 0.3) is 15.9 Å². The minimum absolute atomic E-state index is 0.0361. The van der Waals surface area contributed by atoms with Crippen LogP contribution in [0, 0.1) is 0 Å². The molecule has 2 N–H and O–H groups in total. The third-order valence-corrected chi connectivity index (χ3v) is 8.87. The first-order valence-corrected chi connectivity index (χ1v) is 13.7. The van der Waals surface area contributed by atoms with Gasteiger partial charge in [0, 0.05) is 18.3 Å². The van der Waals surface area contributed by atoms with Crippen LogP contribution < -0.4 is 14.3 Å². The Kier molecular flexibility index (Phi) is 7.77. The molecule has 0 heterocycles. The van der Waals surface area contributed by atoms with Crippen molar-refractivity contribution in [2.45, 2.75) is 11.8 Å². The average Bonchev–Trinajstić information content (AvgIpc) is 2.82. The molecule has 0 unspecified atom stereocenters. The van der Waals surface area contributed by atoms with Crippen molar-refractivity contribution in [2.24, 2.45) is 0 Å². The van der Waals surface area contributed by atoms with Crippen molar-refractivity contribution in [1.29, 1.82) is 0 Å². The number of amides is 1. The summed E-state index contributed by atoms with van der Waals surface area (Å²) in [5, 5.41) is 2.97. The predicted octanol–water partition coefficient (Wildman–Crippen LogP) is 4.83. The maximum atomic E-state index is 12.7. The first-order valence-electron chi connectivity index (χ1n) is 9.89. The summed E-state index contributed by atoms with van der Waals surface area (Å²) in [5.41, 5.74) is 1.26. The summed E-state index contributed by atoms with van der Waals surface area (Å²) in [6, 6.07) is 16.2. The lowest BCUT2D eigenvalue weighted by Crippen LogP contribution is -2.28. The summed E-state index contributed by atoms with van der Waals surface area (Å²) in [5.74, 6) is -0.481. The fourth-order valence-electron chi connectivity index (χ4n) is 2.88. The summed E-state index contributed by atoms with van der Waals surface area (Å²) in [6.07, 6.45) is 0. The molecule has 34 heavy (non-hydrogen) atoms. The van der Waals surface area contributed by atoms with E-state index in [4.69, 9.17) is 23.2 Å². The fraction of sp³-hybridized carbons (Fsp3) is 0.136. The number of sulfonamides is 2. The largest absolute Gasteiger partial charge is 0.322 e. The molecule has 0 radical (unpaired) electrons. The Labute approximate surface area is 208 Å². The maximum Gasteiger partial charge on any atom is 0.261 e.